The molecule has 2 aliphatic rings. The minimum atomic E-state index is -3.37. The maximum atomic E-state index is 12.5. The molecule has 0 aliphatic carbocycles. The van der Waals surface area contributed by atoms with Gasteiger partial charge in [0.15, 0.2) is 0 Å². The van der Waals surface area contributed by atoms with Crippen molar-refractivity contribution >= 4 is 10.0 Å². The molecule has 4 nitrogen and oxygen atoms in total. The second-order valence-corrected chi connectivity index (χ2v) is 8.51. The molecule has 0 N–H and O–H groups in total. The van der Waals surface area contributed by atoms with Crippen LogP contribution in [0.3, 0.4) is 0 Å². The molecule has 1 atom stereocenters. The molecule has 1 unspecified atom stereocenters. The Balaban J connectivity index is 1.73. The monoisotopic (exact) mass is 335 g/mol. The Hall–Kier alpha value is -1.17. The summed E-state index contributed by atoms with van der Waals surface area (Å²) in [5.41, 5.74) is 3.72. The van der Waals surface area contributed by atoms with E-state index in [9.17, 15) is 8.42 Å². The zero-order chi connectivity index (χ0) is 16.4. The second-order valence-electron chi connectivity index (χ2n) is 6.69. The van der Waals surface area contributed by atoms with Crippen LogP contribution in [0.1, 0.15) is 49.3 Å². The molecule has 0 spiro atoms. The van der Waals surface area contributed by atoms with Crippen molar-refractivity contribution in [1.29, 1.82) is 0 Å². The third kappa shape index (κ3) is 3.84. The van der Waals surface area contributed by atoms with Gasteiger partial charge < -0.3 is 4.74 Å². The maximum absolute atomic E-state index is 12.5. The molecular weight excluding hydrogens is 310 g/mol. The van der Waals surface area contributed by atoms with E-state index in [2.05, 4.69) is 32.0 Å². The summed E-state index contributed by atoms with van der Waals surface area (Å²) in [6.07, 6.45) is 4.34. The Bertz CT molecular complexity index is 688. The van der Waals surface area contributed by atoms with Gasteiger partial charge in [-0.15, -0.1) is 0 Å². The summed E-state index contributed by atoms with van der Waals surface area (Å²) in [6, 6.07) is 6.42. The summed E-state index contributed by atoms with van der Waals surface area (Å²) >= 11 is 0. The molecule has 0 amide bonds. The van der Waals surface area contributed by atoms with Crippen LogP contribution in [-0.4, -0.2) is 32.0 Å². The van der Waals surface area contributed by atoms with Crippen LogP contribution in [0.15, 0.2) is 29.7 Å². The Kier molecular flexibility index (Phi) is 4.90. The van der Waals surface area contributed by atoms with Crippen LogP contribution < -0.4 is 0 Å². The Morgan fingerprint density at radius 2 is 2.13 bits per heavy atom. The molecule has 2 heterocycles. The third-order valence-corrected chi connectivity index (χ3v) is 6.20. The lowest BCUT2D eigenvalue weighted by Gasteiger charge is -2.27. The molecule has 0 bridgehead atoms. The highest BCUT2D eigenvalue weighted by atomic mass is 32.2. The van der Waals surface area contributed by atoms with Crippen molar-refractivity contribution in [2.45, 2.75) is 51.7 Å². The van der Waals surface area contributed by atoms with Gasteiger partial charge in [0.05, 0.1) is 6.10 Å². The molecule has 0 aromatic heterocycles. The van der Waals surface area contributed by atoms with Gasteiger partial charge in [-0.2, -0.15) is 4.31 Å². The van der Waals surface area contributed by atoms with Crippen molar-refractivity contribution in [3.8, 4) is 0 Å². The van der Waals surface area contributed by atoms with E-state index < -0.39 is 10.0 Å². The number of rotatable bonds is 4. The molecule has 1 saturated heterocycles. The minimum absolute atomic E-state index is 0.0459. The lowest BCUT2D eigenvalue weighted by Crippen LogP contribution is -2.34. The molecule has 5 heteroatoms. The average molecular weight is 335 g/mol. The molecule has 0 saturated carbocycles. The van der Waals surface area contributed by atoms with Crippen LogP contribution in [0, 0.1) is 0 Å². The number of fused-ring (bicyclic) bond motifs is 1. The van der Waals surface area contributed by atoms with Gasteiger partial charge in [0.25, 0.3) is 0 Å². The molecule has 2 aliphatic heterocycles. The zero-order valence-corrected chi connectivity index (χ0v) is 14.7. The van der Waals surface area contributed by atoms with Crippen molar-refractivity contribution < 1.29 is 13.2 Å². The topological polar surface area (TPSA) is 46.6 Å². The molecule has 126 valence electrons. The first-order valence-electron chi connectivity index (χ1n) is 8.37. The number of nitrogens with zero attached hydrogens (tertiary/aromatic N) is 1. The second kappa shape index (κ2) is 6.75. The Labute approximate surface area is 139 Å². The van der Waals surface area contributed by atoms with Crippen LogP contribution in [0.5, 0.6) is 0 Å². The van der Waals surface area contributed by atoms with Crippen LogP contribution >= 0.6 is 0 Å². The maximum Gasteiger partial charge on any atom is 0.236 e. The average Bonchev–Trinajstić information content (AvgIpc) is 3.05. The summed E-state index contributed by atoms with van der Waals surface area (Å²) < 4.78 is 32.0. The normalized spacial score (nSPS) is 22.8. The van der Waals surface area contributed by atoms with Gasteiger partial charge in [-0.1, -0.05) is 32.0 Å². The van der Waals surface area contributed by atoms with E-state index in [0.717, 1.165) is 31.4 Å². The smallest absolute Gasteiger partial charge is 0.236 e. The predicted molar refractivity (Wildman–Crippen MR) is 91.7 cm³/mol. The number of hydrogen-bond acceptors (Lipinski definition) is 3. The van der Waals surface area contributed by atoms with E-state index in [1.807, 2.05) is 0 Å². The predicted octanol–water partition coefficient (Wildman–Crippen LogP) is 3.19. The van der Waals surface area contributed by atoms with Gasteiger partial charge in [-0.05, 0) is 47.9 Å². The van der Waals surface area contributed by atoms with Gasteiger partial charge in [0.2, 0.25) is 10.0 Å². The van der Waals surface area contributed by atoms with Gasteiger partial charge in [-0.25, -0.2) is 8.42 Å². The first-order chi connectivity index (χ1) is 11.0. The van der Waals surface area contributed by atoms with Crippen LogP contribution in [0.4, 0.5) is 0 Å². The Morgan fingerprint density at radius 3 is 2.83 bits per heavy atom. The highest BCUT2D eigenvalue weighted by Gasteiger charge is 2.25. The van der Waals surface area contributed by atoms with Crippen molar-refractivity contribution in [3.05, 3.63) is 46.4 Å². The van der Waals surface area contributed by atoms with Crippen LogP contribution in [0.2, 0.25) is 0 Å². The standard InChI is InChI=1S/C18H25NO3S/c1-14(2)15-5-6-17-13-19(9-7-16(17)12-15)23(20,21)11-8-18-4-3-10-22-18/h5-6,8,11-12,14,18H,3-4,7,9-10,13H2,1-2H3. The highest BCUT2D eigenvalue weighted by Crippen LogP contribution is 2.26. The lowest BCUT2D eigenvalue weighted by molar-refractivity contribution is 0.145. The molecule has 23 heavy (non-hydrogen) atoms. The summed E-state index contributed by atoms with van der Waals surface area (Å²) in [5, 5.41) is 1.33. The SMILES string of the molecule is CC(C)c1ccc2c(c1)CCN(S(=O)(=O)C=CC1CCCO1)C2. The summed E-state index contributed by atoms with van der Waals surface area (Å²) in [4.78, 5) is 0. The quantitative estimate of drug-likeness (QED) is 0.849. The largest absolute Gasteiger partial charge is 0.374 e. The first-order valence-corrected chi connectivity index (χ1v) is 9.88. The first kappa shape index (κ1) is 16.7. The number of sulfonamides is 1. The lowest BCUT2D eigenvalue weighted by atomic mass is 9.94. The molecule has 1 fully saturated rings. The number of ether oxygens (including phenoxy) is 1. The summed E-state index contributed by atoms with van der Waals surface area (Å²) in [6.45, 7) is 6.09. The van der Waals surface area contributed by atoms with Crippen molar-refractivity contribution in [2.24, 2.45) is 0 Å². The van der Waals surface area contributed by atoms with E-state index >= 15 is 0 Å². The number of benzene rings is 1. The van der Waals surface area contributed by atoms with Crippen LogP contribution in [-0.2, 0) is 27.7 Å². The van der Waals surface area contributed by atoms with Crippen LogP contribution in [0.25, 0.3) is 0 Å². The summed E-state index contributed by atoms with van der Waals surface area (Å²) in [7, 11) is -3.37. The number of hydrogen-bond donors (Lipinski definition) is 0. The fourth-order valence-corrected chi connectivity index (χ4v) is 4.36. The Morgan fingerprint density at radius 1 is 1.30 bits per heavy atom. The van der Waals surface area contributed by atoms with E-state index in [-0.39, 0.29) is 6.10 Å². The molecule has 3 rings (SSSR count). The third-order valence-electron chi connectivity index (χ3n) is 4.66. The minimum Gasteiger partial charge on any atom is -0.374 e. The van der Waals surface area contributed by atoms with Crippen molar-refractivity contribution in [3.63, 3.8) is 0 Å². The van der Waals surface area contributed by atoms with Crippen molar-refractivity contribution in [1.82, 2.24) is 4.31 Å². The molecule has 0 radical (unpaired) electrons. The van der Waals surface area contributed by atoms with Crippen molar-refractivity contribution in [2.75, 3.05) is 13.2 Å². The molecule has 1 aromatic rings. The molecular formula is C18H25NO3S. The fourth-order valence-electron chi connectivity index (χ4n) is 3.15. The van der Waals surface area contributed by atoms with E-state index in [0.29, 0.717) is 19.0 Å². The van der Waals surface area contributed by atoms with Gasteiger partial charge in [0, 0.05) is 25.1 Å². The van der Waals surface area contributed by atoms with E-state index in [4.69, 9.17) is 4.74 Å². The molecule has 1 aromatic carbocycles. The van der Waals surface area contributed by atoms with E-state index in [1.165, 1.54) is 16.5 Å². The summed E-state index contributed by atoms with van der Waals surface area (Å²) in [5.74, 6) is 0.497. The highest BCUT2D eigenvalue weighted by molar-refractivity contribution is 7.92. The zero-order valence-electron chi connectivity index (χ0n) is 13.9. The van der Waals surface area contributed by atoms with Gasteiger partial charge >= 0.3 is 0 Å². The van der Waals surface area contributed by atoms with Gasteiger partial charge in [-0.3, -0.25) is 0 Å². The van der Waals surface area contributed by atoms with E-state index in [1.54, 1.807) is 10.4 Å². The fraction of sp³-hybridized carbons (Fsp3) is 0.556. The van der Waals surface area contributed by atoms with Gasteiger partial charge in [0.1, 0.15) is 0 Å².